The van der Waals surface area contributed by atoms with E-state index in [0.717, 1.165) is 6.07 Å². The minimum Gasteiger partial charge on any atom is -0.258 e. The highest BCUT2D eigenvalue weighted by atomic mass is 32.2. The maximum absolute atomic E-state index is 13.3. The summed E-state index contributed by atoms with van der Waals surface area (Å²) in [5, 5.41) is 10.4. The largest absolute Gasteiger partial charge is 0.270 e. The molecule has 1 aromatic rings. The second-order valence-corrected chi connectivity index (χ2v) is 4.64. The molecule has 0 unspecified atom stereocenters. The number of nitro benzene ring substituents is 1. The Balaban J connectivity index is 3.26. The molecule has 0 saturated heterocycles. The van der Waals surface area contributed by atoms with Crippen LogP contribution in [0, 0.1) is 28.3 Å². The van der Waals surface area contributed by atoms with E-state index in [0.29, 0.717) is 12.1 Å². The van der Waals surface area contributed by atoms with Gasteiger partial charge in [-0.05, 0) is 6.07 Å². The number of rotatable bonds is 4. The summed E-state index contributed by atoms with van der Waals surface area (Å²) < 4.78 is 38.2. The minimum atomic E-state index is -4.18. The topological polar surface area (TPSA) is 89.3 Å². The lowest BCUT2D eigenvalue weighted by molar-refractivity contribution is -0.385. The van der Waals surface area contributed by atoms with E-state index in [-0.39, 0.29) is 6.54 Å². The van der Waals surface area contributed by atoms with Gasteiger partial charge in [-0.15, -0.1) is 6.42 Å². The molecular formula is C9H7FN2O4S. The van der Waals surface area contributed by atoms with Crippen LogP contribution in [-0.4, -0.2) is 19.9 Å². The van der Waals surface area contributed by atoms with Gasteiger partial charge in [0.1, 0.15) is 10.7 Å². The fraction of sp³-hybridized carbons (Fsp3) is 0.111. The maximum atomic E-state index is 13.3. The maximum Gasteiger partial charge on any atom is 0.270 e. The van der Waals surface area contributed by atoms with Crippen molar-refractivity contribution in [2.75, 3.05) is 6.54 Å². The molecule has 90 valence electrons. The van der Waals surface area contributed by atoms with Gasteiger partial charge in [-0.25, -0.2) is 12.8 Å². The number of hydrogen-bond donors (Lipinski definition) is 1. The van der Waals surface area contributed by atoms with E-state index >= 15 is 0 Å². The molecule has 8 heteroatoms. The van der Waals surface area contributed by atoms with Crippen molar-refractivity contribution in [1.29, 1.82) is 0 Å². The molecule has 0 aromatic heterocycles. The Bertz CT molecular complexity index is 592. The summed E-state index contributed by atoms with van der Waals surface area (Å²) in [4.78, 5) is 8.82. The average molecular weight is 258 g/mol. The van der Waals surface area contributed by atoms with Crippen molar-refractivity contribution in [3.63, 3.8) is 0 Å². The molecule has 0 aliphatic heterocycles. The van der Waals surface area contributed by atoms with Crippen LogP contribution in [0.4, 0.5) is 10.1 Å². The van der Waals surface area contributed by atoms with Gasteiger partial charge in [-0.1, -0.05) is 5.92 Å². The first kappa shape index (κ1) is 13.1. The molecule has 0 aliphatic rings. The van der Waals surface area contributed by atoms with Gasteiger partial charge in [0.2, 0.25) is 10.0 Å². The normalized spacial score (nSPS) is 10.8. The predicted molar refractivity (Wildman–Crippen MR) is 57.1 cm³/mol. The van der Waals surface area contributed by atoms with E-state index in [1.54, 1.807) is 0 Å². The van der Waals surface area contributed by atoms with E-state index in [9.17, 15) is 22.9 Å². The van der Waals surface area contributed by atoms with Gasteiger partial charge in [0.25, 0.3) is 5.69 Å². The van der Waals surface area contributed by atoms with Gasteiger partial charge in [-0.3, -0.25) is 10.1 Å². The van der Waals surface area contributed by atoms with Crippen LogP contribution in [0.15, 0.2) is 23.1 Å². The van der Waals surface area contributed by atoms with Gasteiger partial charge in [0.15, 0.2) is 0 Å². The molecule has 0 radical (unpaired) electrons. The highest BCUT2D eigenvalue weighted by molar-refractivity contribution is 7.89. The third-order valence-electron chi connectivity index (χ3n) is 1.78. The van der Waals surface area contributed by atoms with Crippen LogP contribution in [0.2, 0.25) is 0 Å². The van der Waals surface area contributed by atoms with E-state index in [4.69, 9.17) is 6.42 Å². The number of sulfonamides is 1. The zero-order chi connectivity index (χ0) is 13.1. The van der Waals surface area contributed by atoms with Crippen LogP contribution in [0.1, 0.15) is 0 Å². The fourth-order valence-electron chi connectivity index (χ4n) is 1.03. The van der Waals surface area contributed by atoms with E-state index < -0.39 is 31.3 Å². The number of nitrogens with one attached hydrogen (secondary N) is 1. The Morgan fingerprint density at radius 1 is 1.53 bits per heavy atom. The number of hydrogen-bond acceptors (Lipinski definition) is 4. The molecule has 0 spiro atoms. The summed E-state index contributed by atoms with van der Waals surface area (Å²) in [7, 11) is -4.18. The highest BCUT2D eigenvalue weighted by Crippen LogP contribution is 2.20. The van der Waals surface area contributed by atoms with Gasteiger partial charge < -0.3 is 0 Å². The first-order chi connectivity index (χ1) is 7.88. The van der Waals surface area contributed by atoms with Crippen LogP contribution >= 0.6 is 0 Å². The highest BCUT2D eigenvalue weighted by Gasteiger charge is 2.21. The van der Waals surface area contributed by atoms with Crippen molar-refractivity contribution in [2.45, 2.75) is 4.90 Å². The van der Waals surface area contributed by atoms with Crippen LogP contribution in [0.3, 0.4) is 0 Å². The predicted octanol–water partition coefficient (Wildman–Crippen LogP) is 0.645. The minimum absolute atomic E-state index is 0.329. The summed E-state index contributed by atoms with van der Waals surface area (Å²) in [6.45, 7) is -0.329. The van der Waals surface area contributed by atoms with Crippen molar-refractivity contribution in [2.24, 2.45) is 0 Å². The lowest BCUT2D eigenvalue weighted by atomic mass is 10.3. The molecule has 1 aromatic carbocycles. The summed E-state index contributed by atoms with van der Waals surface area (Å²) in [5.41, 5.74) is -0.521. The third kappa shape index (κ3) is 2.99. The molecule has 1 N–H and O–H groups in total. The SMILES string of the molecule is C#CCNS(=O)(=O)c1cc([N+](=O)[O-])ccc1F. The van der Waals surface area contributed by atoms with Crippen LogP contribution in [-0.2, 0) is 10.0 Å². The first-order valence-electron chi connectivity index (χ1n) is 4.25. The quantitative estimate of drug-likeness (QED) is 0.487. The van der Waals surface area contributed by atoms with E-state index in [1.807, 2.05) is 10.6 Å². The molecule has 0 saturated carbocycles. The first-order valence-corrected chi connectivity index (χ1v) is 5.74. The van der Waals surface area contributed by atoms with Crippen molar-refractivity contribution in [3.8, 4) is 12.3 Å². The lowest BCUT2D eigenvalue weighted by Gasteiger charge is -2.04. The molecule has 0 aliphatic carbocycles. The summed E-state index contributed by atoms with van der Waals surface area (Å²) >= 11 is 0. The number of benzene rings is 1. The van der Waals surface area contributed by atoms with Crippen LogP contribution in [0.25, 0.3) is 0 Å². The van der Waals surface area contributed by atoms with Gasteiger partial charge in [0.05, 0.1) is 11.5 Å². The summed E-state index contributed by atoms with van der Waals surface area (Å²) in [6, 6.07) is 2.21. The Morgan fingerprint density at radius 2 is 2.18 bits per heavy atom. The average Bonchev–Trinajstić information content (AvgIpc) is 2.26. The number of terminal acetylenes is 1. The molecule has 0 amide bonds. The molecular weight excluding hydrogens is 251 g/mol. The van der Waals surface area contributed by atoms with Crippen molar-refractivity contribution < 1.29 is 17.7 Å². The molecule has 6 nitrogen and oxygen atoms in total. The smallest absolute Gasteiger partial charge is 0.258 e. The molecule has 0 bridgehead atoms. The van der Waals surface area contributed by atoms with Crippen molar-refractivity contribution in [3.05, 3.63) is 34.1 Å². The van der Waals surface area contributed by atoms with E-state index in [1.165, 1.54) is 0 Å². The zero-order valence-electron chi connectivity index (χ0n) is 8.38. The van der Waals surface area contributed by atoms with Gasteiger partial charge in [-0.2, -0.15) is 4.72 Å². The Labute approximate surface area is 96.7 Å². The van der Waals surface area contributed by atoms with Crippen molar-refractivity contribution in [1.82, 2.24) is 4.72 Å². The lowest BCUT2D eigenvalue weighted by Crippen LogP contribution is -2.24. The Morgan fingerprint density at radius 3 is 2.71 bits per heavy atom. The zero-order valence-corrected chi connectivity index (χ0v) is 9.20. The standard InChI is InChI=1S/C9H7FN2O4S/c1-2-5-11-17(15,16)9-6-7(12(13)14)3-4-8(9)10/h1,3-4,6,11H,5H2. The molecule has 0 atom stereocenters. The van der Waals surface area contributed by atoms with Crippen LogP contribution < -0.4 is 4.72 Å². The van der Waals surface area contributed by atoms with Crippen LogP contribution in [0.5, 0.6) is 0 Å². The number of nitro groups is 1. The summed E-state index contributed by atoms with van der Waals surface area (Å²) in [5.74, 6) is 0.921. The molecule has 0 heterocycles. The van der Waals surface area contributed by atoms with Gasteiger partial charge in [0, 0.05) is 12.1 Å². The molecule has 0 fully saturated rings. The second kappa shape index (κ2) is 4.90. The molecule has 1 rings (SSSR count). The summed E-state index contributed by atoms with van der Waals surface area (Å²) in [6.07, 6.45) is 4.85. The number of nitrogens with zero attached hydrogens (tertiary/aromatic N) is 1. The Kier molecular flexibility index (Phi) is 3.77. The second-order valence-electron chi connectivity index (χ2n) is 2.90. The van der Waals surface area contributed by atoms with Gasteiger partial charge >= 0.3 is 0 Å². The van der Waals surface area contributed by atoms with Crippen molar-refractivity contribution >= 4 is 15.7 Å². The number of non-ortho nitro benzene ring substituents is 1. The number of halogens is 1. The molecule has 17 heavy (non-hydrogen) atoms. The monoisotopic (exact) mass is 258 g/mol. The Hall–Kier alpha value is -1.98. The fourth-order valence-corrected chi connectivity index (χ4v) is 2.06. The third-order valence-corrected chi connectivity index (χ3v) is 3.20. The van der Waals surface area contributed by atoms with E-state index in [2.05, 4.69) is 0 Å².